The number of hydroxylamine groups is 2. The lowest BCUT2D eigenvalue weighted by Crippen LogP contribution is -2.60. The van der Waals surface area contributed by atoms with Crippen molar-refractivity contribution in [3.8, 4) is 23.0 Å². The summed E-state index contributed by atoms with van der Waals surface area (Å²) in [5.74, 6) is -0.393. The van der Waals surface area contributed by atoms with E-state index in [2.05, 4.69) is 40.5 Å². The van der Waals surface area contributed by atoms with Crippen LogP contribution in [0.15, 0.2) is 217 Å². The van der Waals surface area contributed by atoms with Gasteiger partial charge in [0.1, 0.15) is 46.2 Å². The monoisotopic (exact) mass is 1700 g/mol. The van der Waals surface area contributed by atoms with E-state index >= 15 is 0 Å². The number of aromatic nitrogens is 4. The van der Waals surface area contributed by atoms with Crippen LogP contribution < -0.4 is 31.5 Å². The van der Waals surface area contributed by atoms with E-state index in [1.54, 1.807) is 75.3 Å². The average molecular weight is 1700 g/mol. The van der Waals surface area contributed by atoms with Crippen LogP contribution in [0.5, 0.6) is 23.0 Å². The molecule has 3 atom stereocenters. The van der Waals surface area contributed by atoms with Crippen LogP contribution in [0.25, 0.3) is 0 Å². The Bertz CT molecular complexity index is 4740. The van der Waals surface area contributed by atoms with E-state index in [0.29, 0.717) is 140 Å². The minimum atomic E-state index is -4.39. The molecule has 1 unspecified atom stereocenters. The number of para-hydroxylation sites is 2. The average Bonchev–Trinajstić information content (AvgIpc) is 0.744. The van der Waals surface area contributed by atoms with Gasteiger partial charge >= 0.3 is 6.09 Å². The molecule has 3 fully saturated rings. The first kappa shape index (κ1) is 92.5. The van der Waals surface area contributed by atoms with Gasteiger partial charge in [-0.3, -0.25) is 63.7 Å². The lowest BCUT2D eigenvalue weighted by Gasteiger charge is -2.41. The molecule has 29 nitrogen and oxygen atoms in total. The molecular weight excluding hydrogens is 1590 g/mol. The second kappa shape index (κ2) is 45.8. The number of nitrogens with one attached hydrogen (secondary N) is 3. The third kappa shape index (κ3) is 27.6. The molecule has 4 aromatic heterocycles. The quantitative estimate of drug-likeness (QED) is 0.0135. The van der Waals surface area contributed by atoms with Gasteiger partial charge in [-0.05, 0) is 206 Å². The Kier molecular flexibility index (Phi) is 35.0. The Morgan fingerprint density at radius 1 is 0.504 bits per heavy atom. The van der Waals surface area contributed by atoms with Crippen LogP contribution in [0, 0.1) is 0 Å². The standard InChI is InChI=1S/C50H64N6O10S.C40H48N6O7S/c1-49(2,3)65-48(60)53-44(21-9-4-6-18-40(57)27-32-55(36-38-16-10-13-30-51-38)37-39-17-11-14-31-52-39)46(58)56-33-28-50(29-34-56,47(59)54-66-45-22-12-15-35-63-45)67(61,62)43-25-23-42(24-26-43)64-41-19-7-5-8-20-41;41-37(16-6-1-3-13-33(47)21-26-45(29-31-11-7-9-24-42-31)30-32-12-8-10-25-43-32)38(48)46-27-22-40(23-28-46,39(49)44-50)54(51,52)36-19-17-35(18-20-36)53-34-14-4-2-5-15-34/h5,7-8,10-11,13-14,16-17,19-20,23-26,30-31,44-45H,4,6,9,12,15,18,21-22,27-29,32-37H2,1-3H3,(H,53,60)(H,54,59);2,4-5,7-12,14-15,17-20,24-25,37,50H,1,3,6,13,16,21-23,26-30,41H2,(H,44,49)/t44-,45?;37-/m00/s1. The van der Waals surface area contributed by atoms with Crippen molar-refractivity contribution in [2.24, 2.45) is 5.73 Å². The molecule has 0 radical (unpaired) electrons. The largest absolute Gasteiger partial charge is 0.457 e. The number of rotatable bonds is 41. The fourth-order valence-corrected chi connectivity index (χ4v) is 18.6. The number of piperidine rings is 2. The van der Waals surface area contributed by atoms with E-state index in [4.69, 9.17) is 29.5 Å². The van der Waals surface area contributed by atoms with E-state index < -0.39 is 77.0 Å². The van der Waals surface area contributed by atoms with E-state index in [9.17, 15) is 55.6 Å². The minimum absolute atomic E-state index is 0.0272. The van der Waals surface area contributed by atoms with Gasteiger partial charge in [-0.25, -0.2) is 37.4 Å². The van der Waals surface area contributed by atoms with Crippen LogP contribution in [-0.2, 0) is 88.9 Å². The molecule has 5 amide bonds. The van der Waals surface area contributed by atoms with Crippen LogP contribution in [0.1, 0.15) is 166 Å². The van der Waals surface area contributed by atoms with E-state index in [1.165, 1.54) is 58.3 Å². The number of amides is 5. The predicted octanol–water partition coefficient (Wildman–Crippen LogP) is 12.3. The van der Waals surface area contributed by atoms with Crippen LogP contribution in [0.4, 0.5) is 4.79 Å². The fraction of sp³-hybridized carbons (Fsp3) is 0.433. The summed E-state index contributed by atoms with van der Waals surface area (Å²) in [4.78, 5) is 124. The molecule has 6 N–H and O–H groups in total. The topological polar surface area (TPSA) is 381 Å². The number of likely N-dealkylation sites (tertiary alicyclic amines) is 2. The van der Waals surface area contributed by atoms with Crippen molar-refractivity contribution in [3.63, 3.8) is 0 Å². The van der Waals surface area contributed by atoms with Gasteiger partial charge < -0.3 is 39.8 Å². The molecule has 4 aromatic carbocycles. The third-order valence-electron chi connectivity index (χ3n) is 21.5. The molecule has 7 heterocycles. The van der Waals surface area contributed by atoms with Gasteiger partial charge in [0.15, 0.2) is 35.5 Å². The van der Waals surface area contributed by atoms with Crippen molar-refractivity contribution in [2.75, 3.05) is 45.9 Å². The van der Waals surface area contributed by atoms with Crippen molar-refractivity contribution in [3.05, 3.63) is 230 Å². The highest BCUT2D eigenvalue weighted by atomic mass is 32.2. The maximum Gasteiger partial charge on any atom is 0.408 e. The Balaban J connectivity index is 0.000000260. The summed E-state index contributed by atoms with van der Waals surface area (Å²) in [5.41, 5.74) is 13.0. The first-order chi connectivity index (χ1) is 58.3. The highest BCUT2D eigenvalue weighted by Crippen LogP contribution is 2.40. The van der Waals surface area contributed by atoms with Gasteiger partial charge in [0.25, 0.3) is 11.8 Å². The van der Waals surface area contributed by atoms with Crippen molar-refractivity contribution < 1.29 is 79.4 Å². The number of unbranched alkanes of at least 4 members (excludes halogenated alkanes) is 4. The maximum atomic E-state index is 14.6. The van der Waals surface area contributed by atoms with Crippen molar-refractivity contribution in [2.45, 2.75) is 212 Å². The number of hydrogen-bond acceptors (Lipinski definition) is 24. The Labute approximate surface area is 708 Å². The number of carbonyl (C=O) groups is 7. The number of ether oxygens (including phenoxy) is 4. The van der Waals surface area contributed by atoms with E-state index in [-0.39, 0.29) is 85.5 Å². The zero-order valence-corrected chi connectivity index (χ0v) is 70.7. The van der Waals surface area contributed by atoms with Crippen LogP contribution in [-0.4, -0.2) is 182 Å². The molecule has 0 saturated carbocycles. The van der Waals surface area contributed by atoms with Crippen molar-refractivity contribution in [1.82, 2.24) is 55.8 Å². The fourth-order valence-electron chi connectivity index (χ4n) is 14.7. The molecule has 3 saturated heterocycles. The lowest BCUT2D eigenvalue weighted by atomic mass is 9.94. The summed E-state index contributed by atoms with van der Waals surface area (Å²) in [5, 5.41) is 12.3. The number of hydrogen-bond donors (Lipinski definition) is 5. The number of benzene rings is 4. The zero-order valence-electron chi connectivity index (χ0n) is 69.0. The first-order valence-corrected chi connectivity index (χ1v) is 44.4. The number of Topliss-reactive ketones (excluding diaryl/α,β-unsaturated/α-hetero) is 2. The highest BCUT2D eigenvalue weighted by Gasteiger charge is 2.55. The van der Waals surface area contributed by atoms with Gasteiger partial charge in [0.2, 0.25) is 11.8 Å². The number of nitrogens with two attached hydrogens (primary N) is 1. The normalized spacial score (nSPS) is 15.8. The van der Waals surface area contributed by atoms with Crippen LogP contribution in [0.2, 0.25) is 0 Å². The van der Waals surface area contributed by atoms with Crippen molar-refractivity contribution >= 4 is 61.0 Å². The molecule has 0 spiro atoms. The summed E-state index contributed by atoms with van der Waals surface area (Å²) >= 11 is 0. The molecule has 3 aliphatic heterocycles. The SMILES string of the molecule is CC(C)(C)OC(=O)N[C@@H](CCCCCC(=O)CCN(Cc1ccccn1)Cc1ccccn1)C(=O)N1CCC(C(=O)NOC2CCCCO2)(S(=O)(=O)c2ccc(Oc3ccccc3)cc2)CC1.N[C@@H](CCCCCC(=O)CCN(Cc1ccccn1)Cc1ccccn1)C(=O)N1CCC(C(=O)NO)(S(=O)(=O)c2ccc(Oc3ccccc3)cc2)CC1. The maximum absolute atomic E-state index is 14.6. The van der Waals surface area contributed by atoms with Crippen LogP contribution in [0.3, 0.4) is 0 Å². The Morgan fingerprint density at radius 3 is 1.29 bits per heavy atom. The number of alkyl carbamates (subject to hydrolysis) is 1. The third-order valence-corrected chi connectivity index (χ3v) is 26.5. The highest BCUT2D eigenvalue weighted by molar-refractivity contribution is 7.94. The van der Waals surface area contributed by atoms with Gasteiger partial charge in [-0.1, -0.05) is 86.3 Å². The Hall–Kier alpha value is -10.8. The first-order valence-electron chi connectivity index (χ1n) is 41.4. The minimum Gasteiger partial charge on any atom is -0.457 e. The van der Waals surface area contributed by atoms with Gasteiger partial charge in [-0.2, -0.15) is 0 Å². The number of pyridine rings is 4. The summed E-state index contributed by atoms with van der Waals surface area (Å²) in [6.45, 7) is 8.87. The molecule has 0 bridgehead atoms. The number of ketones is 2. The molecule has 11 rings (SSSR count). The summed E-state index contributed by atoms with van der Waals surface area (Å²) in [7, 11) is -8.68. The second-order valence-corrected chi connectivity index (χ2v) is 36.0. The van der Waals surface area contributed by atoms with Crippen molar-refractivity contribution in [1.29, 1.82) is 0 Å². The molecule has 0 aliphatic carbocycles. The van der Waals surface area contributed by atoms with Crippen LogP contribution >= 0.6 is 0 Å². The predicted molar refractivity (Wildman–Crippen MR) is 452 cm³/mol. The number of sulfone groups is 2. The smallest absolute Gasteiger partial charge is 0.408 e. The second-order valence-electron chi connectivity index (χ2n) is 31.5. The molecule has 8 aromatic rings. The van der Waals surface area contributed by atoms with E-state index in [0.717, 1.165) is 42.0 Å². The zero-order chi connectivity index (χ0) is 86.1. The Morgan fingerprint density at radius 2 is 0.901 bits per heavy atom. The van der Waals surface area contributed by atoms with Gasteiger partial charge in [0, 0.05) is 129 Å². The molecule has 646 valence electrons. The summed E-state index contributed by atoms with van der Waals surface area (Å²) < 4.78 is 75.8. The van der Waals surface area contributed by atoms with Gasteiger partial charge in [0.05, 0.1) is 38.6 Å². The number of nitrogens with zero attached hydrogens (tertiary/aromatic N) is 8. The van der Waals surface area contributed by atoms with Gasteiger partial charge in [-0.15, -0.1) is 0 Å². The summed E-state index contributed by atoms with van der Waals surface area (Å²) in [6.07, 6.45) is 12.8. The molecular formula is C90H112N12O17S2. The summed E-state index contributed by atoms with van der Waals surface area (Å²) in [6, 6.07) is 51.0. The number of carbonyl (C=O) groups excluding carboxylic acids is 7. The lowest BCUT2D eigenvalue weighted by molar-refractivity contribution is -0.202. The molecule has 121 heavy (non-hydrogen) atoms. The molecule has 31 heteroatoms. The molecule has 3 aliphatic rings. The van der Waals surface area contributed by atoms with E-state index in [1.807, 2.05) is 109 Å².